The summed E-state index contributed by atoms with van der Waals surface area (Å²) in [6, 6.07) is -26.9. The molecular weight excluding hydrogens is 619 g/mol. The zero-order valence-corrected chi connectivity index (χ0v) is 25.4. The van der Waals surface area contributed by atoms with E-state index in [2.05, 4.69) is 0 Å². The van der Waals surface area contributed by atoms with Gasteiger partial charge in [-0.3, -0.25) is 0 Å². The Bertz CT molecular complexity index is 4820. The maximum absolute atomic E-state index is 10.1. The molecule has 51 heavy (non-hydrogen) atoms. The molecule has 8 aromatic carbocycles. The molecule has 0 N–H and O–H groups in total. The fraction of sp³-hybridized carbons (Fsp3) is 0. The quantitative estimate of drug-likeness (QED) is 0.176. The molecule has 0 atom stereocenters. The largest absolute Gasteiger partial charge is 0.309 e. The van der Waals surface area contributed by atoms with E-state index < -0.39 is 275 Å². The van der Waals surface area contributed by atoms with Gasteiger partial charge in [0.15, 0.2) is 0 Å². The highest BCUT2D eigenvalue weighted by Gasteiger charge is 2.22. The minimum absolute atomic E-state index is 0.546. The van der Waals surface area contributed by atoms with E-state index in [0.29, 0.717) is 0 Å². The van der Waals surface area contributed by atoms with Gasteiger partial charge in [-0.1, -0.05) is 121 Å². The number of hydrogen-bond acceptors (Lipinski definition) is 0. The number of aromatic nitrogens is 3. The molecule has 0 bridgehead atoms. The summed E-state index contributed by atoms with van der Waals surface area (Å²) in [5.74, 6) is 0. The molecule has 0 unspecified atom stereocenters. The van der Waals surface area contributed by atoms with Gasteiger partial charge in [-0.05, 0) is 72.0 Å². The minimum atomic E-state index is -1.07. The summed E-state index contributed by atoms with van der Waals surface area (Å²) in [4.78, 5) is 0. The summed E-state index contributed by atoms with van der Waals surface area (Å²) >= 11 is 0. The smallest absolute Gasteiger partial charge is 0.0645 e. The summed E-state index contributed by atoms with van der Waals surface area (Å²) in [6.07, 6.45) is 0. The second kappa shape index (κ2) is 10.8. The Morgan fingerprint density at radius 2 is 0.863 bits per heavy atom. The maximum Gasteiger partial charge on any atom is 0.0645 e. The normalized spacial score (nSPS) is 20.2. The topological polar surface area (TPSA) is 14.8 Å². The highest BCUT2D eigenvalue weighted by Crippen LogP contribution is 2.44. The molecule has 0 spiro atoms. The van der Waals surface area contributed by atoms with Gasteiger partial charge in [0, 0.05) is 49.3 Å². The van der Waals surface area contributed by atoms with E-state index in [1.807, 2.05) is 0 Å². The number of rotatable bonds is 4. The van der Waals surface area contributed by atoms with E-state index in [1.165, 1.54) is 0 Å². The van der Waals surface area contributed by atoms with Crippen molar-refractivity contribution in [2.75, 3.05) is 0 Å². The van der Waals surface area contributed by atoms with Gasteiger partial charge >= 0.3 is 0 Å². The second-order valence-corrected chi connectivity index (χ2v) is 11.1. The van der Waals surface area contributed by atoms with Crippen LogP contribution in [-0.4, -0.2) is 13.7 Å². The lowest BCUT2D eigenvalue weighted by Crippen LogP contribution is -1.98. The van der Waals surface area contributed by atoms with Crippen LogP contribution in [-0.2, 0) is 0 Å². The fourth-order valence-electron chi connectivity index (χ4n) is 6.57. The summed E-state index contributed by atoms with van der Waals surface area (Å²) < 4.78 is 274. The number of hydrogen-bond donors (Lipinski definition) is 0. The molecule has 3 heteroatoms. The lowest BCUT2D eigenvalue weighted by atomic mass is 10.0. The third kappa shape index (κ3) is 4.00. The lowest BCUT2D eigenvalue weighted by Gasteiger charge is -2.15. The van der Waals surface area contributed by atoms with Gasteiger partial charge in [0.25, 0.3) is 0 Å². The van der Waals surface area contributed by atoms with E-state index in [-0.39, 0.29) is 0 Å². The van der Waals surface area contributed by atoms with Crippen LogP contribution in [0.2, 0.25) is 0 Å². The average molecular weight is 680 g/mol. The Hall–Kier alpha value is -6.84. The number of para-hydroxylation sites is 6. The summed E-state index contributed by atoms with van der Waals surface area (Å²) in [6.45, 7) is 0. The van der Waals surface area contributed by atoms with Crippen molar-refractivity contribution in [2.45, 2.75) is 0 Å². The highest BCUT2D eigenvalue weighted by molar-refractivity contribution is 6.26. The predicted molar refractivity (Wildman–Crippen MR) is 215 cm³/mol. The van der Waals surface area contributed by atoms with Gasteiger partial charge in [-0.2, -0.15) is 0 Å². The van der Waals surface area contributed by atoms with Gasteiger partial charge in [0.05, 0.1) is 79.9 Å². The van der Waals surface area contributed by atoms with Crippen molar-refractivity contribution in [3.63, 3.8) is 0 Å². The standard InChI is InChI=1S/C48H31N3/c1-3-15-33(16-4-1)49-42-24-12-9-21-37(42)40-31-32(27-29-45(40)49)35-19-7-11-23-41(35)51-43-25-13-8-20-36(43)38-28-30-46-47(48(38)51)39-22-10-14-26-44(39)50(46)34-17-5-2-6-18-34/h1-31H/i1D,2D,3D,4D,5D,6D,7D,8D,9D,10D,11D,12D,13D,14D,15D,16D,17D,18D,19D,20D,21D,22D,23D,24D,25D,26D,28D,29D,30D,31D. The van der Waals surface area contributed by atoms with Crippen molar-refractivity contribution in [3.8, 4) is 28.2 Å². The van der Waals surface area contributed by atoms with E-state index in [9.17, 15) is 15.1 Å². The molecule has 0 saturated heterocycles. The van der Waals surface area contributed by atoms with Crippen molar-refractivity contribution in [2.24, 2.45) is 0 Å². The zero-order valence-electron chi connectivity index (χ0n) is 55.4. The van der Waals surface area contributed by atoms with Gasteiger partial charge < -0.3 is 13.7 Å². The van der Waals surface area contributed by atoms with Crippen molar-refractivity contribution < 1.29 is 41.1 Å². The van der Waals surface area contributed by atoms with Crippen molar-refractivity contribution >= 4 is 65.4 Å². The molecule has 11 rings (SSSR count). The first-order valence-electron chi connectivity index (χ1n) is 30.1. The molecule has 0 aliphatic rings. The fourth-order valence-corrected chi connectivity index (χ4v) is 6.57. The average Bonchev–Trinajstić information content (AvgIpc) is 2.47. The Morgan fingerprint density at radius 1 is 0.353 bits per heavy atom. The van der Waals surface area contributed by atoms with Crippen LogP contribution in [0.15, 0.2) is 187 Å². The van der Waals surface area contributed by atoms with E-state index in [4.69, 9.17) is 26.0 Å². The van der Waals surface area contributed by atoms with Crippen molar-refractivity contribution in [1.82, 2.24) is 13.7 Å². The van der Waals surface area contributed by atoms with E-state index in [0.717, 1.165) is 19.8 Å². The number of fused-ring (bicyclic) bond motifs is 10. The van der Waals surface area contributed by atoms with Crippen LogP contribution >= 0.6 is 0 Å². The van der Waals surface area contributed by atoms with Crippen LogP contribution in [0.25, 0.3) is 93.6 Å². The number of nitrogens with zero attached hydrogens (tertiary/aromatic N) is 3. The third-order valence-corrected chi connectivity index (χ3v) is 8.54. The van der Waals surface area contributed by atoms with Gasteiger partial charge in [0.1, 0.15) is 0 Å². The van der Waals surface area contributed by atoms with Crippen LogP contribution in [0, 0.1) is 0 Å². The third-order valence-electron chi connectivity index (χ3n) is 8.54. The lowest BCUT2D eigenvalue weighted by molar-refractivity contribution is 1.17. The first kappa shape index (κ1) is 11.6. The number of benzene rings is 8. The van der Waals surface area contributed by atoms with Gasteiger partial charge in [0.2, 0.25) is 0 Å². The molecule has 0 radical (unpaired) electrons. The molecule has 238 valence electrons. The van der Waals surface area contributed by atoms with Gasteiger partial charge in [-0.15, -0.1) is 0 Å². The maximum atomic E-state index is 10.1. The summed E-state index contributed by atoms with van der Waals surface area (Å²) in [5, 5.41) is -3.52. The highest BCUT2D eigenvalue weighted by atomic mass is 15.0. The SMILES string of the molecule is [2H]c1c([2H])c([2H])c(-n2c3c([2H])cc(-c4c([2H])c([2H])c([2H])c([2H])c4-n4c5c([2H])c([2H])c([2H])c([2H])c5c5c([2H])c([2H])c6c(c7c([2H])c([2H])c([2H])c([2H])c7n6-c6c([2H])c([2H])c([2H])c([2H])c6[2H])c54)c([2H])c3c3c([2H])c([2H])c([2H])c([2H])c32)c([2H])c1[2H]. The molecule has 11 aromatic rings. The van der Waals surface area contributed by atoms with E-state index in [1.54, 1.807) is 0 Å². The molecule has 0 aliphatic heterocycles. The van der Waals surface area contributed by atoms with Crippen LogP contribution in [0.4, 0.5) is 0 Å². The van der Waals surface area contributed by atoms with Crippen LogP contribution < -0.4 is 0 Å². The van der Waals surface area contributed by atoms with E-state index >= 15 is 0 Å². The zero-order chi connectivity index (χ0) is 59.6. The summed E-state index contributed by atoms with van der Waals surface area (Å²) in [7, 11) is 0. The molecule has 3 nitrogen and oxygen atoms in total. The van der Waals surface area contributed by atoms with Crippen LogP contribution in [0.5, 0.6) is 0 Å². The van der Waals surface area contributed by atoms with Gasteiger partial charge in [-0.25, -0.2) is 0 Å². The molecule has 3 aromatic heterocycles. The van der Waals surface area contributed by atoms with Crippen molar-refractivity contribution in [1.29, 1.82) is 0 Å². The molecular formula is C48H31N3. The first-order chi connectivity index (χ1) is 37.8. The van der Waals surface area contributed by atoms with Crippen LogP contribution in [0.3, 0.4) is 0 Å². The monoisotopic (exact) mass is 679 g/mol. The second-order valence-electron chi connectivity index (χ2n) is 11.1. The Kier molecular flexibility index (Phi) is 2.47. The molecule has 3 heterocycles. The Morgan fingerprint density at radius 3 is 1.57 bits per heavy atom. The molecule has 0 amide bonds. The predicted octanol–water partition coefficient (Wildman–Crippen LogP) is 12.6. The molecule has 0 saturated carbocycles. The molecule has 0 fully saturated rings. The summed E-state index contributed by atoms with van der Waals surface area (Å²) in [5.41, 5.74) is -7.60. The first-order valence-corrected chi connectivity index (χ1v) is 15.1. The Labute approximate surface area is 336 Å². The minimum Gasteiger partial charge on any atom is -0.309 e. The van der Waals surface area contributed by atoms with Crippen LogP contribution in [0.1, 0.15) is 41.1 Å². The van der Waals surface area contributed by atoms with Crippen molar-refractivity contribution in [3.05, 3.63) is 187 Å². The Balaban J connectivity index is 1.46. The molecule has 0 aliphatic carbocycles.